The maximum Gasteiger partial charge on any atom is 0.262 e. The number of ether oxygens (including phenoxy) is 3. The van der Waals surface area contributed by atoms with Crippen molar-refractivity contribution in [3.63, 3.8) is 0 Å². The van der Waals surface area contributed by atoms with Gasteiger partial charge in [0.15, 0.2) is 6.61 Å². The van der Waals surface area contributed by atoms with E-state index in [1.807, 2.05) is 6.07 Å². The molecule has 0 saturated heterocycles. The number of carbonyl (C=O) groups is 3. The quantitative estimate of drug-likeness (QED) is 0.424. The molecule has 0 radical (unpaired) electrons. The molecule has 0 spiro atoms. The first-order valence-electron chi connectivity index (χ1n) is 10.3. The minimum atomic E-state index is -0.428. The molecule has 0 aliphatic rings. The van der Waals surface area contributed by atoms with Crippen LogP contribution in [0.4, 0.5) is 11.4 Å². The van der Waals surface area contributed by atoms with Crippen LogP contribution in [0.3, 0.4) is 0 Å². The molecule has 0 heterocycles. The van der Waals surface area contributed by atoms with Crippen molar-refractivity contribution in [3.8, 4) is 17.2 Å². The molecule has 0 saturated carbocycles. The average molecular weight is 463 g/mol. The maximum absolute atomic E-state index is 12.5. The van der Waals surface area contributed by atoms with E-state index in [4.69, 9.17) is 19.9 Å². The van der Waals surface area contributed by atoms with Crippen LogP contribution in [0.15, 0.2) is 66.7 Å². The molecule has 4 N–H and O–H groups in total. The minimum Gasteiger partial charge on any atom is -0.494 e. The van der Waals surface area contributed by atoms with Gasteiger partial charge in [-0.25, -0.2) is 0 Å². The molecule has 34 heavy (non-hydrogen) atoms. The Labute approximate surface area is 196 Å². The van der Waals surface area contributed by atoms with Gasteiger partial charge in [-0.2, -0.15) is 0 Å². The summed E-state index contributed by atoms with van der Waals surface area (Å²) in [4.78, 5) is 35.9. The van der Waals surface area contributed by atoms with Crippen molar-refractivity contribution in [2.75, 3.05) is 31.5 Å². The first kappa shape index (κ1) is 24.1. The van der Waals surface area contributed by atoms with Gasteiger partial charge in [0, 0.05) is 17.7 Å². The molecule has 0 bridgehead atoms. The van der Waals surface area contributed by atoms with Crippen LogP contribution < -0.4 is 30.6 Å². The number of methoxy groups -OCH3 is 2. The molecule has 3 aromatic carbocycles. The highest BCUT2D eigenvalue weighted by Gasteiger charge is 2.16. The summed E-state index contributed by atoms with van der Waals surface area (Å²) in [6.07, 6.45) is 0.129. The monoisotopic (exact) mass is 463 g/mol. The maximum atomic E-state index is 12.5. The minimum absolute atomic E-state index is 0.129. The number of rotatable bonds is 10. The molecule has 0 atom stereocenters. The molecule has 3 rings (SSSR count). The van der Waals surface area contributed by atoms with Gasteiger partial charge in [0.1, 0.15) is 17.2 Å². The Morgan fingerprint density at radius 2 is 1.41 bits per heavy atom. The molecule has 0 unspecified atom stereocenters. The van der Waals surface area contributed by atoms with E-state index in [9.17, 15) is 14.4 Å². The number of primary amides is 1. The smallest absolute Gasteiger partial charge is 0.262 e. The highest BCUT2D eigenvalue weighted by molar-refractivity contribution is 6.05. The summed E-state index contributed by atoms with van der Waals surface area (Å²) in [7, 11) is 2.90. The van der Waals surface area contributed by atoms with Gasteiger partial charge in [-0.3, -0.25) is 14.4 Å². The van der Waals surface area contributed by atoms with E-state index >= 15 is 0 Å². The van der Waals surface area contributed by atoms with Crippen molar-refractivity contribution in [3.05, 3.63) is 77.9 Å². The van der Waals surface area contributed by atoms with E-state index in [2.05, 4.69) is 10.6 Å². The van der Waals surface area contributed by atoms with Gasteiger partial charge in [-0.1, -0.05) is 30.3 Å². The second kappa shape index (κ2) is 11.4. The zero-order valence-electron chi connectivity index (χ0n) is 18.8. The van der Waals surface area contributed by atoms with E-state index in [0.717, 1.165) is 5.56 Å². The first-order chi connectivity index (χ1) is 16.4. The second-order valence-corrected chi connectivity index (χ2v) is 7.20. The third kappa shape index (κ3) is 6.49. The Bertz CT molecular complexity index is 1160. The van der Waals surface area contributed by atoms with Gasteiger partial charge in [0.2, 0.25) is 5.91 Å². The number of hydrogen-bond acceptors (Lipinski definition) is 6. The first-order valence-corrected chi connectivity index (χ1v) is 10.3. The van der Waals surface area contributed by atoms with E-state index in [1.54, 1.807) is 60.7 Å². The topological polar surface area (TPSA) is 129 Å². The zero-order valence-corrected chi connectivity index (χ0v) is 18.8. The largest absolute Gasteiger partial charge is 0.494 e. The predicted octanol–water partition coefficient (Wildman–Crippen LogP) is 3.00. The Balaban J connectivity index is 1.67. The van der Waals surface area contributed by atoms with Crippen LogP contribution in [-0.2, 0) is 16.0 Å². The molecule has 0 aliphatic carbocycles. The van der Waals surface area contributed by atoms with Crippen LogP contribution in [0, 0.1) is 0 Å². The molecule has 176 valence electrons. The van der Waals surface area contributed by atoms with Crippen molar-refractivity contribution in [2.24, 2.45) is 5.73 Å². The summed E-state index contributed by atoms with van der Waals surface area (Å²) in [6, 6.07) is 18.6. The SMILES string of the molecule is COc1cc(NC(=O)c2ccccc2)c(OC)cc1NC(=O)COc1ccc(CC(N)=O)cc1. The number of amides is 3. The number of benzene rings is 3. The van der Waals surface area contributed by atoms with E-state index in [1.165, 1.54) is 14.2 Å². The Morgan fingerprint density at radius 1 is 0.824 bits per heavy atom. The van der Waals surface area contributed by atoms with Crippen LogP contribution in [0.25, 0.3) is 0 Å². The molecule has 0 aromatic heterocycles. The van der Waals surface area contributed by atoms with Gasteiger partial charge in [-0.05, 0) is 29.8 Å². The lowest BCUT2D eigenvalue weighted by molar-refractivity contribution is -0.118. The highest BCUT2D eigenvalue weighted by atomic mass is 16.5. The fourth-order valence-electron chi connectivity index (χ4n) is 3.12. The van der Waals surface area contributed by atoms with Crippen molar-refractivity contribution >= 4 is 29.1 Å². The number of carbonyl (C=O) groups excluding carboxylic acids is 3. The lowest BCUT2D eigenvalue weighted by Gasteiger charge is -2.16. The van der Waals surface area contributed by atoms with Crippen LogP contribution in [0.2, 0.25) is 0 Å². The van der Waals surface area contributed by atoms with Crippen LogP contribution >= 0.6 is 0 Å². The molecule has 9 heteroatoms. The van der Waals surface area contributed by atoms with Crippen LogP contribution in [-0.4, -0.2) is 38.5 Å². The molecular formula is C25H25N3O6. The fourth-order valence-corrected chi connectivity index (χ4v) is 3.12. The van der Waals surface area contributed by atoms with Gasteiger partial charge >= 0.3 is 0 Å². The molecule has 0 aliphatic heterocycles. The van der Waals surface area contributed by atoms with Crippen molar-refractivity contribution in [1.82, 2.24) is 0 Å². The summed E-state index contributed by atoms with van der Waals surface area (Å²) in [5, 5.41) is 5.50. The van der Waals surface area contributed by atoms with Crippen molar-refractivity contribution in [2.45, 2.75) is 6.42 Å². The van der Waals surface area contributed by atoms with Gasteiger partial charge in [-0.15, -0.1) is 0 Å². The van der Waals surface area contributed by atoms with Crippen molar-refractivity contribution < 1.29 is 28.6 Å². The Hall–Kier alpha value is -4.53. The Morgan fingerprint density at radius 3 is 1.97 bits per heavy atom. The third-order valence-electron chi connectivity index (χ3n) is 4.75. The number of hydrogen-bond donors (Lipinski definition) is 3. The van der Waals surface area contributed by atoms with E-state index in [0.29, 0.717) is 34.2 Å². The summed E-state index contributed by atoms with van der Waals surface area (Å²) in [6.45, 7) is -0.257. The lowest BCUT2D eigenvalue weighted by Crippen LogP contribution is -2.21. The average Bonchev–Trinajstić information content (AvgIpc) is 2.84. The number of nitrogens with two attached hydrogens (primary N) is 1. The molecule has 0 fully saturated rings. The number of anilines is 2. The summed E-state index contributed by atoms with van der Waals surface area (Å²) < 4.78 is 16.3. The predicted molar refractivity (Wildman–Crippen MR) is 127 cm³/mol. The molecule has 9 nitrogen and oxygen atoms in total. The fraction of sp³-hybridized carbons (Fsp3) is 0.160. The third-order valence-corrected chi connectivity index (χ3v) is 4.75. The molecular weight excluding hydrogens is 438 g/mol. The van der Waals surface area contributed by atoms with Gasteiger partial charge in [0.25, 0.3) is 11.8 Å². The van der Waals surface area contributed by atoms with E-state index in [-0.39, 0.29) is 18.9 Å². The normalized spacial score (nSPS) is 10.2. The molecule has 3 amide bonds. The summed E-state index contributed by atoms with van der Waals surface area (Å²) in [5.74, 6) is -0.0368. The number of nitrogens with one attached hydrogen (secondary N) is 2. The van der Waals surface area contributed by atoms with Crippen molar-refractivity contribution in [1.29, 1.82) is 0 Å². The standard InChI is InChI=1S/C25H25N3O6/c1-32-21-14-20(28-25(31)17-6-4-3-5-7-17)22(33-2)13-19(21)27-24(30)15-34-18-10-8-16(9-11-18)12-23(26)29/h3-11,13-14H,12,15H2,1-2H3,(H2,26,29)(H,27,30)(H,28,31). The second-order valence-electron chi connectivity index (χ2n) is 7.20. The van der Waals surface area contributed by atoms with Gasteiger partial charge < -0.3 is 30.6 Å². The van der Waals surface area contributed by atoms with Crippen LogP contribution in [0.1, 0.15) is 15.9 Å². The van der Waals surface area contributed by atoms with E-state index < -0.39 is 11.8 Å². The summed E-state index contributed by atoms with van der Waals surface area (Å²) >= 11 is 0. The van der Waals surface area contributed by atoms with Gasteiger partial charge in [0.05, 0.1) is 32.0 Å². The highest BCUT2D eigenvalue weighted by Crippen LogP contribution is 2.36. The van der Waals surface area contributed by atoms with Crippen LogP contribution in [0.5, 0.6) is 17.2 Å². The lowest BCUT2D eigenvalue weighted by atomic mass is 10.1. The zero-order chi connectivity index (χ0) is 24.5. The Kier molecular flexibility index (Phi) is 8.07. The summed E-state index contributed by atoms with van der Waals surface area (Å²) in [5.41, 5.74) is 7.15. The molecule has 3 aromatic rings.